The number of nitrogens with zero attached hydrogens (tertiary/aromatic N) is 4. The van der Waals surface area contributed by atoms with E-state index in [1.54, 1.807) is 18.3 Å². The van der Waals surface area contributed by atoms with Gasteiger partial charge < -0.3 is 15.5 Å². The van der Waals surface area contributed by atoms with Crippen molar-refractivity contribution in [2.24, 2.45) is 0 Å². The minimum atomic E-state index is -0.294. The average molecular weight is 348 g/mol. The topological polar surface area (TPSA) is 83.0 Å². The first kappa shape index (κ1) is 17.3. The van der Waals surface area contributed by atoms with E-state index in [-0.39, 0.29) is 11.6 Å². The van der Waals surface area contributed by atoms with E-state index in [0.29, 0.717) is 18.1 Å². The van der Waals surface area contributed by atoms with Gasteiger partial charge in [0.15, 0.2) is 5.69 Å². The molecule has 7 nitrogen and oxygen atoms in total. The van der Waals surface area contributed by atoms with Crippen LogP contribution in [0.5, 0.6) is 0 Å². The van der Waals surface area contributed by atoms with Gasteiger partial charge in [-0.25, -0.2) is 4.98 Å². The standard InChI is InChI=1S/C19H20N6O/c1-25(2)18-14(7-6-12-20-18)13-21-17-11-10-16(23-24-17)19(26)22-15-8-4-3-5-9-15/h3-12H,13H2,1-2H3,(H,21,24)(H,22,26). The number of carbonyl (C=O) groups excluding carboxylic acids is 1. The van der Waals surface area contributed by atoms with E-state index in [4.69, 9.17) is 0 Å². The maximum absolute atomic E-state index is 12.2. The van der Waals surface area contributed by atoms with Crippen LogP contribution in [0.25, 0.3) is 0 Å². The highest BCUT2D eigenvalue weighted by Crippen LogP contribution is 2.16. The molecule has 0 atom stereocenters. The van der Waals surface area contributed by atoms with Gasteiger partial charge in [-0.15, -0.1) is 10.2 Å². The Morgan fingerprint density at radius 2 is 1.81 bits per heavy atom. The van der Waals surface area contributed by atoms with Crippen LogP contribution >= 0.6 is 0 Å². The monoisotopic (exact) mass is 348 g/mol. The molecule has 0 radical (unpaired) electrons. The fraction of sp³-hybridized carbons (Fsp3) is 0.158. The molecule has 7 heteroatoms. The van der Waals surface area contributed by atoms with Crippen molar-refractivity contribution < 1.29 is 4.79 Å². The minimum absolute atomic E-state index is 0.259. The number of carbonyl (C=O) groups is 1. The normalized spacial score (nSPS) is 10.2. The third kappa shape index (κ3) is 4.32. The van der Waals surface area contributed by atoms with Crippen molar-refractivity contribution in [3.8, 4) is 0 Å². The van der Waals surface area contributed by atoms with Gasteiger partial charge in [0.2, 0.25) is 0 Å². The Hall–Kier alpha value is -3.48. The van der Waals surface area contributed by atoms with Gasteiger partial charge in [0.05, 0.1) is 0 Å². The molecule has 132 valence electrons. The van der Waals surface area contributed by atoms with Gasteiger partial charge in [0, 0.05) is 38.1 Å². The summed E-state index contributed by atoms with van der Waals surface area (Å²) < 4.78 is 0. The van der Waals surface area contributed by atoms with E-state index in [1.807, 2.05) is 61.5 Å². The zero-order valence-electron chi connectivity index (χ0n) is 14.7. The van der Waals surface area contributed by atoms with Crippen LogP contribution in [0.3, 0.4) is 0 Å². The first-order valence-corrected chi connectivity index (χ1v) is 8.18. The molecule has 0 aliphatic carbocycles. The predicted octanol–water partition coefficient (Wildman–Crippen LogP) is 2.80. The summed E-state index contributed by atoms with van der Waals surface area (Å²) in [6.07, 6.45) is 1.76. The fourth-order valence-corrected chi connectivity index (χ4v) is 2.42. The number of rotatable bonds is 6. The van der Waals surface area contributed by atoms with Crippen molar-refractivity contribution in [2.45, 2.75) is 6.54 Å². The second-order valence-corrected chi connectivity index (χ2v) is 5.86. The third-order valence-corrected chi connectivity index (χ3v) is 3.68. The highest BCUT2D eigenvalue weighted by atomic mass is 16.1. The average Bonchev–Trinajstić information content (AvgIpc) is 2.67. The molecule has 0 saturated heterocycles. The van der Waals surface area contributed by atoms with Crippen LogP contribution in [-0.4, -0.2) is 35.2 Å². The maximum atomic E-state index is 12.2. The first-order valence-electron chi connectivity index (χ1n) is 8.18. The van der Waals surface area contributed by atoms with Crippen LogP contribution in [0.2, 0.25) is 0 Å². The van der Waals surface area contributed by atoms with Crippen LogP contribution in [0.15, 0.2) is 60.8 Å². The van der Waals surface area contributed by atoms with E-state index in [1.165, 1.54) is 0 Å². The van der Waals surface area contributed by atoms with Crippen molar-refractivity contribution in [3.05, 3.63) is 72.1 Å². The highest BCUT2D eigenvalue weighted by Gasteiger charge is 2.09. The van der Waals surface area contributed by atoms with Gasteiger partial charge in [0.25, 0.3) is 5.91 Å². The molecule has 0 spiro atoms. The molecule has 26 heavy (non-hydrogen) atoms. The van der Waals surface area contributed by atoms with Gasteiger partial charge in [-0.3, -0.25) is 4.79 Å². The number of hydrogen-bond acceptors (Lipinski definition) is 6. The van der Waals surface area contributed by atoms with E-state index in [0.717, 1.165) is 11.4 Å². The van der Waals surface area contributed by atoms with Crippen molar-refractivity contribution >= 4 is 23.2 Å². The smallest absolute Gasteiger partial charge is 0.276 e. The third-order valence-electron chi connectivity index (χ3n) is 3.68. The van der Waals surface area contributed by atoms with Crippen LogP contribution < -0.4 is 15.5 Å². The maximum Gasteiger partial charge on any atom is 0.276 e. The Morgan fingerprint density at radius 1 is 1.00 bits per heavy atom. The lowest BCUT2D eigenvalue weighted by Gasteiger charge is -2.16. The number of nitrogens with one attached hydrogen (secondary N) is 2. The fourth-order valence-electron chi connectivity index (χ4n) is 2.42. The van der Waals surface area contributed by atoms with Crippen LogP contribution in [0.4, 0.5) is 17.3 Å². The SMILES string of the molecule is CN(C)c1ncccc1CNc1ccc(C(=O)Nc2ccccc2)nn1. The number of anilines is 3. The van der Waals surface area contributed by atoms with Crippen molar-refractivity contribution in [1.82, 2.24) is 15.2 Å². The lowest BCUT2D eigenvalue weighted by molar-refractivity contribution is 0.102. The number of hydrogen-bond donors (Lipinski definition) is 2. The Balaban J connectivity index is 1.62. The predicted molar refractivity (Wildman–Crippen MR) is 102 cm³/mol. The van der Waals surface area contributed by atoms with Crippen molar-refractivity contribution in [3.63, 3.8) is 0 Å². The summed E-state index contributed by atoms with van der Waals surface area (Å²) in [5.74, 6) is 1.19. The summed E-state index contributed by atoms with van der Waals surface area (Å²) in [6, 6.07) is 16.5. The molecule has 0 bridgehead atoms. The number of benzene rings is 1. The first-order chi connectivity index (χ1) is 12.6. The molecule has 0 aliphatic rings. The second kappa shape index (κ2) is 8.06. The minimum Gasteiger partial charge on any atom is -0.364 e. The highest BCUT2D eigenvalue weighted by molar-refractivity contribution is 6.02. The van der Waals surface area contributed by atoms with Gasteiger partial charge in [0.1, 0.15) is 11.6 Å². The summed E-state index contributed by atoms with van der Waals surface area (Å²) >= 11 is 0. The molecule has 0 fully saturated rings. The van der Waals surface area contributed by atoms with Crippen LogP contribution in [0, 0.1) is 0 Å². The van der Waals surface area contributed by atoms with Crippen molar-refractivity contribution in [2.75, 3.05) is 29.6 Å². The molecule has 3 aromatic rings. The summed E-state index contributed by atoms with van der Waals surface area (Å²) in [6.45, 7) is 0.561. The molecule has 0 aliphatic heterocycles. The van der Waals surface area contributed by atoms with Gasteiger partial charge in [-0.05, 0) is 30.3 Å². The molecule has 1 amide bonds. The lowest BCUT2D eigenvalue weighted by Crippen LogP contribution is -2.16. The molecule has 2 N–H and O–H groups in total. The van der Waals surface area contributed by atoms with Crippen molar-refractivity contribution in [1.29, 1.82) is 0 Å². The van der Waals surface area contributed by atoms with Gasteiger partial charge in [-0.1, -0.05) is 24.3 Å². The summed E-state index contributed by atoms with van der Waals surface area (Å²) in [5.41, 5.74) is 2.02. The Morgan fingerprint density at radius 3 is 2.50 bits per heavy atom. The number of para-hydroxylation sites is 1. The summed E-state index contributed by atoms with van der Waals surface area (Å²) in [5, 5.41) is 14.0. The molecule has 2 aromatic heterocycles. The van der Waals surface area contributed by atoms with E-state index < -0.39 is 0 Å². The molecule has 3 rings (SSSR count). The van der Waals surface area contributed by atoms with Gasteiger partial charge >= 0.3 is 0 Å². The Labute approximate surface area is 152 Å². The van der Waals surface area contributed by atoms with Crippen LogP contribution in [-0.2, 0) is 6.54 Å². The molecular weight excluding hydrogens is 328 g/mol. The number of amides is 1. The Kier molecular flexibility index (Phi) is 5.38. The summed E-state index contributed by atoms with van der Waals surface area (Å²) in [4.78, 5) is 18.5. The molecular formula is C19H20N6O. The molecule has 0 saturated carbocycles. The van der Waals surface area contributed by atoms with Gasteiger partial charge in [-0.2, -0.15) is 0 Å². The zero-order valence-corrected chi connectivity index (χ0v) is 14.7. The molecule has 1 aromatic carbocycles. The van der Waals surface area contributed by atoms with E-state index >= 15 is 0 Å². The van der Waals surface area contributed by atoms with E-state index in [2.05, 4.69) is 25.8 Å². The second-order valence-electron chi connectivity index (χ2n) is 5.86. The Bertz CT molecular complexity index is 865. The number of aromatic nitrogens is 3. The molecule has 2 heterocycles. The summed E-state index contributed by atoms with van der Waals surface area (Å²) in [7, 11) is 3.90. The number of pyridine rings is 1. The zero-order chi connectivity index (χ0) is 18.4. The van der Waals surface area contributed by atoms with E-state index in [9.17, 15) is 4.79 Å². The lowest BCUT2D eigenvalue weighted by atomic mass is 10.2. The largest absolute Gasteiger partial charge is 0.364 e. The molecule has 0 unspecified atom stereocenters. The quantitative estimate of drug-likeness (QED) is 0.713. The van der Waals surface area contributed by atoms with Crippen LogP contribution in [0.1, 0.15) is 16.1 Å².